The molecule has 2 aromatic carbocycles. The van der Waals surface area contributed by atoms with E-state index in [1.807, 2.05) is 32.2 Å². The zero-order valence-corrected chi connectivity index (χ0v) is 20.6. The molecule has 1 aliphatic rings. The maximum absolute atomic E-state index is 5.72. The largest absolute Gasteiger partial charge is 0.494 e. The second kappa shape index (κ2) is 12.8. The molecule has 0 bridgehead atoms. The van der Waals surface area contributed by atoms with Crippen LogP contribution in [-0.4, -0.2) is 43.1 Å². The smallest absolute Gasteiger partial charge is 0.191 e. The van der Waals surface area contributed by atoms with Crippen LogP contribution in [0.15, 0.2) is 59.6 Å². The molecule has 1 aliphatic heterocycles. The van der Waals surface area contributed by atoms with Crippen molar-refractivity contribution in [2.45, 2.75) is 51.9 Å². The third kappa shape index (κ3) is 7.16. The van der Waals surface area contributed by atoms with E-state index in [0.29, 0.717) is 25.2 Å². The molecule has 30 heavy (non-hydrogen) atoms. The van der Waals surface area contributed by atoms with Gasteiger partial charge >= 0.3 is 0 Å². The van der Waals surface area contributed by atoms with Gasteiger partial charge in [-0.3, -0.25) is 9.89 Å². The van der Waals surface area contributed by atoms with E-state index in [0.717, 1.165) is 43.2 Å². The molecule has 1 heterocycles. The van der Waals surface area contributed by atoms with Gasteiger partial charge in [0.1, 0.15) is 5.75 Å². The first-order valence-corrected chi connectivity index (χ1v) is 10.7. The Morgan fingerprint density at radius 2 is 1.87 bits per heavy atom. The monoisotopic (exact) mass is 522 g/mol. The second-order valence-electron chi connectivity index (χ2n) is 7.64. The highest BCUT2D eigenvalue weighted by molar-refractivity contribution is 14.0. The lowest BCUT2D eigenvalue weighted by molar-refractivity contribution is 0.134. The molecule has 2 unspecified atom stereocenters. The van der Waals surface area contributed by atoms with Crippen molar-refractivity contribution in [3.05, 3.63) is 65.7 Å². The van der Waals surface area contributed by atoms with Crippen molar-refractivity contribution in [1.82, 2.24) is 15.5 Å². The molecule has 1 saturated heterocycles. The average Bonchev–Trinajstić information content (AvgIpc) is 2.75. The Balaban J connectivity index is 0.00000320. The molecule has 0 radical (unpaired) electrons. The molecule has 2 aromatic rings. The molecule has 3 rings (SSSR count). The highest BCUT2D eigenvalue weighted by Crippen LogP contribution is 2.20. The molecular formula is C24H35IN4O. The Bertz CT molecular complexity index is 784. The van der Waals surface area contributed by atoms with Crippen molar-refractivity contribution in [3.8, 4) is 5.75 Å². The van der Waals surface area contributed by atoms with Crippen LogP contribution in [0.5, 0.6) is 5.75 Å². The summed E-state index contributed by atoms with van der Waals surface area (Å²) < 4.78 is 5.72. The van der Waals surface area contributed by atoms with Crippen molar-refractivity contribution < 1.29 is 4.74 Å². The van der Waals surface area contributed by atoms with Gasteiger partial charge in [-0.15, -0.1) is 24.0 Å². The summed E-state index contributed by atoms with van der Waals surface area (Å²) in [4.78, 5) is 7.00. The lowest BCUT2D eigenvalue weighted by Gasteiger charge is -2.38. The van der Waals surface area contributed by atoms with E-state index in [-0.39, 0.29) is 24.0 Å². The van der Waals surface area contributed by atoms with Gasteiger partial charge in [0, 0.05) is 44.3 Å². The summed E-state index contributed by atoms with van der Waals surface area (Å²) in [5.74, 6) is 1.78. The summed E-state index contributed by atoms with van der Waals surface area (Å²) in [7, 11) is 1.83. The third-order valence-electron chi connectivity index (χ3n) is 5.53. The van der Waals surface area contributed by atoms with E-state index in [9.17, 15) is 0 Å². The van der Waals surface area contributed by atoms with Crippen molar-refractivity contribution >= 4 is 29.9 Å². The number of aliphatic imine (C=N–C) groups is 1. The highest BCUT2D eigenvalue weighted by Gasteiger charge is 2.26. The van der Waals surface area contributed by atoms with Crippen LogP contribution in [0.4, 0.5) is 0 Å². The van der Waals surface area contributed by atoms with E-state index in [4.69, 9.17) is 4.74 Å². The van der Waals surface area contributed by atoms with Crippen LogP contribution in [0.2, 0.25) is 0 Å². The van der Waals surface area contributed by atoms with Gasteiger partial charge in [-0.1, -0.05) is 48.5 Å². The molecule has 164 valence electrons. The Hall–Kier alpha value is -1.80. The number of piperidine rings is 1. The number of hydrogen-bond acceptors (Lipinski definition) is 3. The number of likely N-dealkylation sites (tertiary alicyclic amines) is 1. The molecule has 2 atom stereocenters. The van der Waals surface area contributed by atoms with Crippen molar-refractivity contribution in [3.63, 3.8) is 0 Å². The Morgan fingerprint density at radius 3 is 2.57 bits per heavy atom. The Kier molecular flexibility index (Phi) is 10.4. The molecule has 0 aliphatic carbocycles. The van der Waals surface area contributed by atoms with Crippen LogP contribution in [0, 0.1) is 0 Å². The first-order chi connectivity index (χ1) is 14.2. The summed E-state index contributed by atoms with van der Waals surface area (Å²) in [6.07, 6.45) is 2.23. The predicted molar refractivity (Wildman–Crippen MR) is 136 cm³/mol. The molecular weight excluding hydrogens is 487 g/mol. The Labute approximate surface area is 198 Å². The second-order valence-corrected chi connectivity index (χ2v) is 7.64. The molecule has 6 heteroatoms. The topological polar surface area (TPSA) is 48.9 Å². The molecule has 0 spiro atoms. The lowest BCUT2D eigenvalue weighted by atomic mass is 9.97. The fraction of sp³-hybridized carbons (Fsp3) is 0.458. The minimum atomic E-state index is 0. The van der Waals surface area contributed by atoms with Crippen LogP contribution in [0.3, 0.4) is 0 Å². The van der Waals surface area contributed by atoms with E-state index in [1.165, 1.54) is 5.56 Å². The number of para-hydroxylation sites is 1. The zero-order valence-electron chi connectivity index (χ0n) is 18.3. The highest BCUT2D eigenvalue weighted by atomic mass is 127. The number of nitrogens with zero attached hydrogens (tertiary/aromatic N) is 2. The molecule has 0 saturated carbocycles. The third-order valence-corrected chi connectivity index (χ3v) is 5.53. The standard InChI is InChI=1S/C24H34N4O.HI/c1-4-29-23-13-9-8-12-21(23)17-26-24(25-3)27-22-14-15-28(19(2)16-22)18-20-10-6-5-7-11-20;/h5-13,19,22H,4,14-18H2,1-3H3,(H2,25,26,27);1H. The van der Waals surface area contributed by atoms with E-state index >= 15 is 0 Å². The fourth-order valence-corrected chi connectivity index (χ4v) is 3.92. The van der Waals surface area contributed by atoms with Crippen LogP contribution in [-0.2, 0) is 13.1 Å². The van der Waals surface area contributed by atoms with E-state index < -0.39 is 0 Å². The number of ether oxygens (including phenoxy) is 1. The van der Waals surface area contributed by atoms with Gasteiger partial charge < -0.3 is 15.4 Å². The van der Waals surface area contributed by atoms with Gasteiger partial charge in [0.15, 0.2) is 5.96 Å². The average molecular weight is 522 g/mol. The fourth-order valence-electron chi connectivity index (χ4n) is 3.92. The normalized spacial score (nSPS) is 19.6. The number of nitrogens with one attached hydrogen (secondary N) is 2. The quantitative estimate of drug-likeness (QED) is 0.321. The van der Waals surface area contributed by atoms with E-state index in [1.54, 1.807) is 0 Å². The number of hydrogen-bond donors (Lipinski definition) is 2. The number of guanidine groups is 1. The van der Waals surface area contributed by atoms with Crippen molar-refractivity contribution in [2.24, 2.45) is 4.99 Å². The van der Waals surface area contributed by atoms with Gasteiger partial charge in [-0.2, -0.15) is 0 Å². The van der Waals surface area contributed by atoms with Crippen LogP contribution < -0.4 is 15.4 Å². The zero-order chi connectivity index (χ0) is 20.5. The minimum Gasteiger partial charge on any atom is -0.494 e. The first-order valence-electron chi connectivity index (χ1n) is 10.7. The van der Waals surface area contributed by atoms with Crippen LogP contribution >= 0.6 is 24.0 Å². The molecule has 2 N–H and O–H groups in total. The number of halogens is 1. The molecule has 0 aromatic heterocycles. The van der Waals surface area contributed by atoms with Crippen molar-refractivity contribution in [2.75, 3.05) is 20.2 Å². The van der Waals surface area contributed by atoms with Crippen LogP contribution in [0.25, 0.3) is 0 Å². The minimum absolute atomic E-state index is 0. The van der Waals surface area contributed by atoms with Gasteiger partial charge in [0.05, 0.1) is 6.61 Å². The lowest BCUT2D eigenvalue weighted by Crippen LogP contribution is -2.51. The maximum Gasteiger partial charge on any atom is 0.191 e. The van der Waals surface area contributed by atoms with Crippen molar-refractivity contribution in [1.29, 1.82) is 0 Å². The van der Waals surface area contributed by atoms with Crippen LogP contribution in [0.1, 0.15) is 37.8 Å². The number of rotatable bonds is 7. The van der Waals surface area contributed by atoms with Gasteiger partial charge in [-0.05, 0) is 38.3 Å². The summed E-state index contributed by atoms with van der Waals surface area (Å²) in [5.41, 5.74) is 2.53. The summed E-state index contributed by atoms with van der Waals surface area (Å²) >= 11 is 0. The molecule has 1 fully saturated rings. The summed E-state index contributed by atoms with van der Waals surface area (Å²) in [6, 6.07) is 19.9. The molecule has 0 amide bonds. The van der Waals surface area contributed by atoms with Gasteiger partial charge in [0.25, 0.3) is 0 Å². The Morgan fingerprint density at radius 1 is 1.13 bits per heavy atom. The predicted octanol–water partition coefficient (Wildman–Crippen LogP) is 4.42. The molecule has 5 nitrogen and oxygen atoms in total. The van der Waals surface area contributed by atoms with Gasteiger partial charge in [0.2, 0.25) is 0 Å². The summed E-state index contributed by atoms with van der Waals surface area (Å²) in [5, 5.41) is 7.06. The van der Waals surface area contributed by atoms with Gasteiger partial charge in [-0.25, -0.2) is 0 Å². The first kappa shape index (κ1) is 24.5. The SMILES string of the molecule is CCOc1ccccc1CNC(=NC)NC1CCN(Cc2ccccc2)C(C)C1.I. The number of benzene rings is 2. The maximum atomic E-state index is 5.72. The summed E-state index contributed by atoms with van der Waals surface area (Å²) in [6.45, 7) is 7.82. The van der Waals surface area contributed by atoms with E-state index in [2.05, 4.69) is 63.8 Å².